The average molecular weight is 530 g/mol. The molecule has 4 heterocycles. The van der Waals surface area contributed by atoms with Crippen LogP contribution in [0.1, 0.15) is 57.4 Å². The third-order valence-electron chi connectivity index (χ3n) is 7.86. The molecule has 1 aliphatic carbocycles. The highest BCUT2D eigenvalue weighted by Crippen LogP contribution is 2.44. The molecule has 2 saturated heterocycles. The van der Waals surface area contributed by atoms with Gasteiger partial charge in [0.1, 0.15) is 12.0 Å². The number of halogens is 3. The van der Waals surface area contributed by atoms with Gasteiger partial charge in [0.2, 0.25) is 5.95 Å². The van der Waals surface area contributed by atoms with Crippen LogP contribution in [-0.4, -0.2) is 65.0 Å². The SMILES string of the molecule is Cn1nnn(-c2cc(Nc3ncc(F)c(NC4CC5CC(F)CN5C(C)(C)C4)n3)c(F)cc2C2CC2)c1=O. The van der Waals surface area contributed by atoms with Gasteiger partial charge >= 0.3 is 5.69 Å². The van der Waals surface area contributed by atoms with E-state index in [1.165, 1.54) is 19.2 Å². The molecule has 6 rings (SSSR count). The Bertz CT molecular complexity index is 1430. The Labute approximate surface area is 217 Å². The molecule has 2 N–H and O–H groups in total. The molecule has 1 aromatic carbocycles. The number of nitrogens with zero attached hydrogens (tertiary/aromatic N) is 7. The number of aryl methyl sites for hydroxylation is 1. The summed E-state index contributed by atoms with van der Waals surface area (Å²) in [6.07, 6.45) is 3.79. The summed E-state index contributed by atoms with van der Waals surface area (Å²) in [5.41, 5.74) is 0.423. The number of hydrogen-bond acceptors (Lipinski definition) is 8. The number of hydrogen-bond donors (Lipinski definition) is 2. The van der Waals surface area contributed by atoms with Gasteiger partial charge in [0.15, 0.2) is 11.6 Å². The molecule has 3 atom stereocenters. The summed E-state index contributed by atoms with van der Waals surface area (Å²) in [7, 11) is 1.49. The van der Waals surface area contributed by atoms with E-state index >= 15 is 4.39 Å². The van der Waals surface area contributed by atoms with Crippen molar-refractivity contribution in [1.82, 2.24) is 34.7 Å². The Morgan fingerprint density at radius 1 is 1.11 bits per heavy atom. The van der Waals surface area contributed by atoms with E-state index in [0.29, 0.717) is 37.1 Å². The zero-order chi connectivity index (χ0) is 26.8. The first-order valence-electron chi connectivity index (χ1n) is 12.9. The molecule has 0 bridgehead atoms. The van der Waals surface area contributed by atoms with E-state index in [1.54, 1.807) is 0 Å². The van der Waals surface area contributed by atoms with E-state index in [1.807, 2.05) is 0 Å². The van der Waals surface area contributed by atoms with Crippen LogP contribution in [0.3, 0.4) is 0 Å². The number of alkyl halides is 1. The molecule has 0 spiro atoms. The van der Waals surface area contributed by atoms with Crippen LogP contribution in [0.5, 0.6) is 0 Å². The second-order valence-corrected chi connectivity index (χ2v) is 11.2. The Morgan fingerprint density at radius 2 is 1.89 bits per heavy atom. The average Bonchev–Trinajstić information content (AvgIpc) is 3.55. The highest BCUT2D eigenvalue weighted by atomic mass is 19.1. The minimum Gasteiger partial charge on any atom is -0.365 e. The number of piperidine rings is 1. The monoisotopic (exact) mass is 529 g/mol. The molecular weight excluding hydrogens is 499 g/mol. The van der Waals surface area contributed by atoms with Crippen LogP contribution in [0.2, 0.25) is 0 Å². The van der Waals surface area contributed by atoms with Crippen molar-refractivity contribution >= 4 is 17.5 Å². The Hall–Kier alpha value is -3.48. The van der Waals surface area contributed by atoms with Gasteiger partial charge in [-0.2, -0.15) is 14.3 Å². The van der Waals surface area contributed by atoms with E-state index in [9.17, 15) is 13.6 Å². The maximum atomic E-state index is 15.1. The second-order valence-electron chi connectivity index (χ2n) is 11.2. The molecule has 0 radical (unpaired) electrons. The van der Waals surface area contributed by atoms with Crippen LogP contribution in [0.4, 0.5) is 30.6 Å². The van der Waals surface area contributed by atoms with Crippen molar-refractivity contribution in [3.63, 3.8) is 0 Å². The first-order chi connectivity index (χ1) is 18.1. The fourth-order valence-corrected chi connectivity index (χ4v) is 5.95. The minimum absolute atomic E-state index is 0.00748. The van der Waals surface area contributed by atoms with Gasteiger partial charge in [-0.25, -0.2) is 22.9 Å². The largest absolute Gasteiger partial charge is 0.368 e. The van der Waals surface area contributed by atoms with Crippen molar-refractivity contribution in [3.05, 3.63) is 46.0 Å². The predicted octanol–water partition coefficient (Wildman–Crippen LogP) is 3.42. The minimum atomic E-state index is -0.853. The Balaban J connectivity index is 1.26. The smallest absolute Gasteiger partial charge is 0.365 e. The number of benzene rings is 1. The number of rotatable bonds is 6. The lowest BCUT2D eigenvalue weighted by molar-refractivity contribution is 0.0475. The molecule has 1 saturated carbocycles. The third kappa shape index (κ3) is 4.52. The number of fused-ring (bicyclic) bond motifs is 1. The second kappa shape index (κ2) is 9.07. The van der Waals surface area contributed by atoms with Gasteiger partial charge in [-0.05, 0) is 80.0 Å². The normalized spacial score (nSPS) is 24.8. The predicted molar refractivity (Wildman–Crippen MR) is 135 cm³/mol. The summed E-state index contributed by atoms with van der Waals surface area (Å²) in [5.74, 6) is -1.06. The van der Waals surface area contributed by atoms with Gasteiger partial charge in [0.05, 0.1) is 17.6 Å². The number of aromatic nitrogens is 6. The molecule has 38 heavy (non-hydrogen) atoms. The Kier molecular flexibility index (Phi) is 5.93. The molecule has 202 valence electrons. The van der Waals surface area contributed by atoms with Crippen LogP contribution in [0.15, 0.2) is 23.1 Å². The molecular formula is C25H30F3N9O. The quantitative estimate of drug-likeness (QED) is 0.501. The summed E-state index contributed by atoms with van der Waals surface area (Å²) in [4.78, 5) is 23.0. The molecule has 13 heteroatoms. The van der Waals surface area contributed by atoms with E-state index < -0.39 is 23.5 Å². The molecule has 3 aromatic rings. The van der Waals surface area contributed by atoms with Gasteiger partial charge in [0, 0.05) is 31.2 Å². The molecule has 10 nitrogen and oxygen atoms in total. The van der Waals surface area contributed by atoms with E-state index in [-0.39, 0.29) is 41.0 Å². The van der Waals surface area contributed by atoms with Crippen molar-refractivity contribution in [2.75, 3.05) is 17.2 Å². The van der Waals surface area contributed by atoms with Crippen LogP contribution in [0.25, 0.3) is 5.69 Å². The van der Waals surface area contributed by atoms with Crippen molar-refractivity contribution in [3.8, 4) is 5.69 Å². The lowest BCUT2D eigenvalue weighted by Gasteiger charge is -2.47. The first-order valence-corrected chi connectivity index (χ1v) is 12.9. The summed E-state index contributed by atoms with van der Waals surface area (Å²) in [5, 5.41) is 13.7. The maximum absolute atomic E-state index is 15.1. The molecule has 2 aromatic heterocycles. The van der Waals surface area contributed by atoms with Gasteiger partial charge in [0.25, 0.3) is 0 Å². The fraction of sp³-hybridized carbons (Fsp3) is 0.560. The van der Waals surface area contributed by atoms with Crippen molar-refractivity contribution < 1.29 is 13.2 Å². The highest BCUT2D eigenvalue weighted by Gasteiger charge is 2.46. The van der Waals surface area contributed by atoms with Crippen LogP contribution in [-0.2, 0) is 7.05 Å². The van der Waals surface area contributed by atoms with Crippen molar-refractivity contribution in [2.45, 2.75) is 75.7 Å². The number of nitrogens with one attached hydrogen (secondary N) is 2. The van der Waals surface area contributed by atoms with Gasteiger partial charge in [-0.1, -0.05) is 0 Å². The van der Waals surface area contributed by atoms with Crippen molar-refractivity contribution in [1.29, 1.82) is 0 Å². The summed E-state index contributed by atoms with van der Waals surface area (Å²) < 4.78 is 46.2. The Morgan fingerprint density at radius 3 is 2.61 bits per heavy atom. The summed E-state index contributed by atoms with van der Waals surface area (Å²) in [6.45, 7) is 4.57. The third-order valence-corrected chi connectivity index (χ3v) is 7.86. The molecule has 0 amide bonds. The fourth-order valence-electron chi connectivity index (χ4n) is 5.95. The zero-order valence-corrected chi connectivity index (χ0v) is 21.5. The molecule has 3 fully saturated rings. The first kappa shape index (κ1) is 24.8. The summed E-state index contributed by atoms with van der Waals surface area (Å²) in [6, 6.07) is 2.83. The van der Waals surface area contributed by atoms with Crippen LogP contribution < -0.4 is 16.3 Å². The molecule has 2 aliphatic heterocycles. The number of tetrazole rings is 1. The van der Waals surface area contributed by atoms with Gasteiger partial charge in [-0.3, -0.25) is 4.90 Å². The van der Waals surface area contributed by atoms with E-state index in [4.69, 9.17) is 0 Å². The van der Waals surface area contributed by atoms with Crippen LogP contribution in [0, 0.1) is 11.6 Å². The molecule has 3 aliphatic rings. The lowest BCUT2D eigenvalue weighted by Crippen LogP contribution is -2.55. The van der Waals surface area contributed by atoms with Crippen LogP contribution >= 0.6 is 0 Å². The standard InChI is InChI=1S/C25H30F3N9O/c1-25(2)10-15(7-16-6-14(26)12-36(16)25)30-22-19(28)11-29-23(32-22)31-20-9-21(37-24(38)35(3)33-34-37)17(8-18(20)27)13-4-5-13/h8-9,11,13-16H,4-7,10,12H2,1-3H3,(H2,29,30,31,32). The zero-order valence-electron chi connectivity index (χ0n) is 21.5. The lowest BCUT2D eigenvalue weighted by atomic mass is 9.84. The molecule has 3 unspecified atom stereocenters. The topological polar surface area (TPSA) is 106 Å². The number of anilines is 3. The van der Waals surface area contributed by atoms with E-state index in [0.717, 1.165) is 28.4 Å². The van der Waals surface area contributed by atoms with Gasteiger partial charge < -0.3 is 10.6 Å². The van der Waals surface area contributed by atoms with E-state index in [2.05, 4.69) is 49.8 Å². The maximum Gasteiger partial charge on any atom is 0.368 e. The van der Waals surface area contributed by atoms with Crippen molar-refractivity contribution in [2.24, 2.45) is 7.05 Å². The summed E-state index contributed by atoms with van der Waals surface area (Å²) >= 11 is 0. The highest BCUT2D eigenvalue weighted by molar-refractivity contribution is 5.62. The van der Waals surface area contributed by atoms with Gasteiger partial charge in [-0.15, -0.1) is 0 Å².